The van der Waals surface area contributed by atoms with Crippen LogP contribution in [0.5, 0.6) is 0 Å². The Morgan fingerprint density at radius 3 is 2.44 bits per heavy atom. The first kappa shape index (κ1) is 11.9. The van der Waals surface area contributed by atoms with Gasteiger partial charge < -0.3 is 9.84 Å². The first-order chi connectivity index (χ1) is 7.53. The molecule has 1 N–H and O–H groups in total. The van der Waals surface area contributed by atoms with Crippen LogP contribution < -0.4 is 0 Å². The highest BCUT2D eigenvalue weighted by Gasteiger charge is 2.39. The molecule has 0 aromatic carbocycles. The van der Waals surface area contributed by atoms with Crippen molar-refractivity contribution in [1.29, 1.82) is 0 Å². The van der Waals surface area contributed by atoms with E-state index in [2.05, 4.69) is 4.90 Å². The van der Waals surface area contributed by atoms with E-state index in [0.29, 0.717) is 25.2 Å². The number of hydrogen-bond donors (Lipinski definition) is 1. The van der Waals surface area contributed by atoms with Gasteiger partial charge in [0, 0.05) is 19.6 Å². The lowest BCUT2D eigenvalue weighted by Crippen LogP contribution is -2.48. The molecule has 2 fully saturated rings. The summed E-state index contributed by atoms with van der Waals surface area (Å²) in [6, 6.07) is 0. The van der Waals surface area contributed by atoms with E-state index >= 15 is 0 Å². The lowest BCUT2D eigenvalue weighted by Gasteiger charge is -2.37. The van der Waals surface area contributed by atoms with Gasteiger partial charge in [0.1, 0.15) is 0 Å². The molecule has 2 bridgehead atoms. The number of fused-ring (bicyclic) bond motifs is 2. The first-order valence-electron chi connectivity index (χ1n) is 6.15. The molecule has 92 valence electrons. The highest BCUT2D eigenvalue weighted by molar-refractivity contribution is 5.74. The van der Waals surface area contributed by atoms with Gasteiger partial charge in [-0.3, -0.25) is 9.69 Å². The second kappa shape index (κ2) is 4.34. The predicted molar refractivity (Wildman–Crippen MR) is 60.4 cm³/mol. The molecule has 2 saturated heterocycles. The first-order valence-corrected chi connectivity index (χ1v) is 6.15. The van der Waals surface area contributed by atoms with Gasteiger partial charge in [-0.05, 0) is 26.2 Å². The minimum absolute atomic E-state index is 0.341. The van der Waals surface area contributed by atoms with Gasteiger partial charge in [0.25, 0.3) is 0 Å². The molecule has 0 amide bonds. The Hall–Kier alpha value is -0.610. The largest absolute Gasteiger partial charge is 0.481 e. The van der Waals surface area contributed by atoms with Gasteiger partial charge >= 0.3 is 5.97 Å². The van der Waals surface area contributed by atoms with Gasteiger partial charge in [-0.1, -0.05) is 6.92 Å². The highest BCUT2D eigenvalue weighted by Crippen LogP contribution is 2.30. The van der Waals surface area contributed by atoms with Gasteiger partial charge in [-0.2, -0.15) is 0 Å². The van der Waals surface area contributed by atoms with Crippen molar-refractivity contribution in [2.24, 2.45) is 5.41 Å². The van der Waals surface area contributed by atoms with Gasteiger partial charge in [0.2, 0.25) is 0 Å². The average Bonchev–Trinajstić information content (AvgIpc) is 2.58. The molecule has 2 heterocycles. The Morgan fingerprint density at radius 2 is 2.00 bits per heavy atom. The number of carbonyl (C=O) groups is 1. The summed E-state index contributed by atoms with van der Waals surface area (Å²) in [6.07, 6.45) is 3.63. The molecule has 2 aliphatic rings. The summed E-state index contributed by atoms with van der Waals surface area (Å²) in [7, 11) is 0. The molecule has 16 heavy (non-hydrogen) atoms. The molecular formula is C12H21NO3. The van der Waals surface area contributed by atoms with Crippen LogP contribution in [0.25, 0.3) is 0 Å². The van der Waals surface area contributed by atoms with Crippen LogP contribution in [-0.2, 0) is 9.53 Å². The maximum absolute atomic E-state index is 11.2. The van der Waals surface area contributed by atoms with Gasteiger partial charge in [0.05, 0.1) is 17.6 Å². The van der Waals surface area contributed by atoms with E-state index in [9.17, 15) is 9.90 Å². The van der Waals surface area contributed by atoms with Crippen molar-refractivity contribution >= 4 is 5.97 Å². The summed E-state index contributed by atoms with van der Waals surface area (Å²) in [6.45, 7) is 6.24. The zero-order valence-corrected chi connectivity index (χ0v) is 10.1. The Morgan fingerprint density at radius 1 is 1.44 bits per heavy atom. The van der Waals surface area contributed by atoms with Crippen molar-refractivity contribution in [2.75, 3.05) is 19.6 Å². The summed E-state index contributed by atoms with van der Waals surface area (Å²) < 4.78 is 5.75. The van der Waals surface area contributed by atoms with E-state index < -0.39 is 11.4 Å². The van der Waals surface area contributed by atoms with Crippen LogP contribution in [0.2, 0.25) is 0 Å². The third-order valence-electron chi connectivity index (χ3n) is 3.99. The summed E-state index contributed by atoms with van der Waals surface area (Å²) in [5, 5.41) is 9.25. The monoisotopic (exact) mass is 227 g/mol. The van der Waals surface area contributed by atoms with Crippen molar-refractivity contribution in [1.82, 2.24) is 4.90 Å². The molecule has 0 spiro atoms. The fourth-order valence-electron chi connectivity index (χ4n) is 2.65. The van der Waals surface area contributed by atoms with Crippen LogP contribution in [0.1, 0.15) is 33.1 Å². The SMILES string of the molecule is CCC(C)(CN1CC2CCC(C1)O2)C(=O)O. The fraction of sp³-hybridized carbons (Fsp3) is 0.917. The summed E-state index contributed by atoms with van der Waals surface area (Å²) in [4.78, 5) is 13.5. The van der Waals surface area contributed by atoms with Gasteiger partial charge in [-0.15, -0.1) is 0 Å². The van der Waals surface area contributed by atoms with Crippen molar-refractivity contribution in [3.8, 4) is 0 Å². The van der Waals surface area contributed by atoms with Crippen LogP contribution in [0.4, 0.5) is 0 Å². The Bertz CT molecular complexity index is 269. The normalized spacial score (nSPS) is 33.6. The zero-order valence-electron chi connectivity index (χ0n) is 10.1. The number of ether oxygens (including phenoxy) is 1. The third-order valence-corrected chi connectivity index (χ3v) is 3.99. The van der Waals surface area contributed by atoms with Crippen LogP contribution >= 0.6 is 0 Å². The quantitative estimate of drug-likeness (QED) is 0.787. The number of carboxylic acid groups (broad SMARTS) is 1. The number of likely N-dealkylation sites (tertiary alicyclic amines) is 1. The molecule has 0 radical (unpaired) electrons. The van der Waals surface area contributed by atoms with Gasteiger partial charge in [0.15, 0.2) is 0 Å². The lowest BCUT2D eigenvalue weighted by atomic mass is 9.87. The second-order valence-corrected chi connectivity index (χ2v) is 5.37. The molecule has 0 aromatic heterocycles. The minimum Gasteiger partial charge on any atom is -0.481 e. The number of nitrogens with zero attached hydrogens (tertiary/aromatic N) is 1. The second-order valence-electron chi connectivity index (χ2n) is 5.37. The Labute approximate surface area is 96.6 Å². The van der Waals surface area contributed by atoms with E-state index in [1.165, 1.54) is 0 Å². The van der Waals surface area contributed by atoms with Crippen LogP contribution in [0.3, 0.4) is 0 Å². The summed E-state index contributed by atoms with van der Waals surface area (Å²) in [5.41, 5.74) is -0.614. The molecule has 0 aromatic rings. The minimum atomic E-state index is -0.686. The van der Waals surface area contributed by atoms with Crippen molar-refractivity contribution in [3.63, 3.8) is 0 Å². The summed E-state index contributed by atoms with van der Waals surface area (Å²) in [5.74, 6) is -0.686. The highest BCUT2D eigenvalue weighted by atomic mass is 16.5. The molecule has 3 unspecified atom stereocenters. The molecule has 0 saturated carbocycles. The molecule has 4 heteroatoms. The number of morpholine rings is 1. The predicted octanol–water partition coefficient (Wildman–Crippen LogP) is 1.35. The molecule has 0 aliphatic carbocycles. The average molecular weight is 227 g/mol. The Balaban J connectivity index is 1.96. The van der Waals surface area contributed by atoms with E-state index in [1.807, 2.05) is 13.8 Å². The standard InChI is InChI=1S/C12H21NO3/c1-3-12(2,11(14)15)8-13-6-9-4-5-10(7-13)16-9/h9-10H,3-8H2,1-2H3,(H,14,15). The van der Waals surface area contributed by atoms with E-state index in [1.54, 1.807) is 0 Å². The molecule has 2 aliphatic heterocycles. The van der Waals surface area contributed by atoms with E-state index in [4.69, 9.17) is 4.74 Å². The number of hydrogen-bond acceptors (Lipinski definition) is 3. The summed E-state index contributed by atoms with van der Waals surface area (Å²) >= 11 is 0. The van der Waals surface area contributed by atoms with E-state index in [-0.39, 0.29) is 0 Å². The topological polar surface area (TPSA) is 49.8 Å². The number of rotatable bonds is 4. The van der Waals surface area contributed by atoms with Crippen LogP contribution in [0, 0.1) is 5.41 Å². The molecule has 2 rings (SSSR count). The maximum atomic E-state index is 11.2. The molecule has 3 atom stereocenters. The lowest BCUT2D eigenvalue weighted by molar-refractivity contribution is -0.150. The number of aliphatic carboxylic acids is 1. The van der Waals surface area contributed by atoms with Crippen molar-refractivity contribution in [2.45, 2.75) is 45.3 Å². The van der Waals surface area contributed by atoms with Crippen molar-refractivity contribution < 1.29 is 14.6 Å². The molecular weight excluding hydrogens is 206 g/mol. The smallest absolute Gasteiger partial charge is 0.310 e. The van der Waals surface area contributed by atoms with Crippen LogP contribution in [-0.4, -0.2) is 47.8 Å². The number of carboxylic acids is 1. The van der Waals surface area contributed by atoms with Gasteiger partial charge in [-0.25, -0.2) is 0 Å². The fourth-order valence-corrected chi connectivity index (χ4v) is 2.65. The Kier molecular flexibility index (Phi) is 3.22. The van der Waals surface area contributed by atoms with Crippen LogP contribution in [0.15, 0.2) is 0 Å². The maximum Gasteiger partial charge on any atom is 0.310 e. The van der Waals surface area contributed by atoms with Crippen molar-refractivity contribution in [3.05, 3.63) is 0 Å². The molecule has 4 nitrogen and oxygen atoms in total. The third kappa shape index (κ3) is 2.23. The zero-order chi connectivity index (χ0) is 11.8. The van der Waals surface area contributed by atoms with E-state index in [0.717, 1.165) is 25.9 Å².